The van der Waals surface area contributed by atoms with E-state index in [1.54, 1.807) is 4.31 Å². The molecule has 1 aliphatic rings. The number of hydrogen-bond donors (Lipinski definition) is 3. The van der Waals surface area contributed by atoms with Gasteiger partial charge in [-0.25, -0.2) is 4.72 Å². The first-order valence-electron chi connectivity index (χ1n) is 6.60. The Bertz CT molecular complexity index is 348. The van der Waals surface area contributed by atoms with E-state index in [0.29, 0.717) is 32.5 Å². The maximum atomic E-state index is 12.0. The highest BCUT2D eigenvalue weighted by Gasteiger charge is 2.21. The van der Waals surface area contributed by atoms with Crippen LogP contribution in [-0.2, 0) is 10.2 Å². The SMILES string of the molecule is N=C(N)CCCCNS(=O)(=O)N1CCCCCC1. The van der Waals surface area contributed by atoms with Gasteiger partial charge in [0.15, 0.2) is 0 Å². The number of rotatable bonds is 7. The Morgan fingerprint density at radius 2 is 1.78 bits per heavy atom. The van der Waals surface area contributed by atoms with E-state index in [1.165, 1.54) is 0 Å². The fraction of sp³-hybridized carbons (Fsp3) is 0.909. The van der Waals surface area contributed by atoms with E-state index in [4.69, 9.17) is 11.1 Å². The summed E-state index contributed by atoms with van der Waals surface area (Å²) in [5.41, 5.74) is 5.23. The molecule has 0 aliphatic carbocycles. The summed E-state index contributed by atoms with van der Waals surface area (Å²) in [5, 5.41) is 7.07. The van der Waals surface area contributed by atoms with Crippen LogP contribution in [0, 0.1) is 5.41 Å². The zero-order chi connectivity index (χ0) is 13.4. The van der Waals surface area contributed by atoms with Gasteiger partial charge in [0.1, 0.15) is 0 Å². The highest BCUT2D eigenvalue weighted by atomic mass is 32.2. The third-order valence-electron chi connectivity index (χ3n) is 3.06. The number of hydrogen-bond acceptors (Lipinski definition) is 3. The van der Waals surface area contributed by atoms with Gasteiger partial charge in [0.05, 0.1) is 5.84 Å². The van der Waals surface area contributed by atoms with Crippen molar-refractivity contribution in [2.75, 3.05) is 19.6 Å². The first-order chi connectivity index (χ1) is 8.52. The van der Waals surface area contributed by atoms with Crippen molar-refractivity contribution in [1.29, 1.82) is 5.41 Å². The Labute approximate surface area is 110 Å². The fourth-order valence-corrected chi connectivity index (χ4v) is 3.34. The maximum absolute atomic E-state index is 12.0. The van der Waals surface area contributed by atoms with Crippen molar-refractivity contribution < 1.29 is 8.42 Å². The summed E-state index contributed by atoms with van der Waals surface area (Å²) in [6.45, 7) is 1.68. The van der Waals surface area contributed by atoms with Crippen molar-refractivity contribution in [3.63, 3.8) is 0 Å². The summed E-state index contributed by atoms with van der Waals surface area (Å²) in [6, 6.07) is 0. The van der Waals surface area contributed by atoms with E-state index in [9.17, 15) is 8.42 Å². The molecule has 1 aliphatic heterocycles. The average Bonchev–Trinajstić information content (AvgIpc) is 2.56. The molecule has 7 heteroatoms. The predicted molar refractivity (Wildman–Crippen MR) is 72.7 cm³/mol. The summed E-state index contributed by atoms with van der Waals surface area (Å²) in [4.78, 5) is 0. The third kappa shape index (κ3) is 5.79. The van der Waals surface area contributed by atoms with Gasteiger partial charge in [-0.2, -0.15) is 12.7 Å². The summed E-state index contributed by atoms with van der Waals surface area (Å²) >= 11 is 0. The lowest BCUT2D eigenvalue weighted by Gasteiger charge is -2.20. The zero-order valence-corrected chi connectivity index (χ0v) is 11.6. The van der Waals surface area contributed by atoms with Crippen LogP contribution < -0.4 is 10.5 Å². The van der Waals surface area contributed by atoms with Gasteiger partial charge in [-0.3, -0.25) is 5.41 Å². The van der Waals surface area contributed by atoms with Crippen molar-refractivity contribution in [3.05, 3.63) is 0 Å². The van der Waals surface area contributed by atoms with Crippen LogP contribution in [0.5, 0.6) is 0 Å². The molecular formula is C11H24N4O2S. The monoisotopic (exact) mass is 276 g/mol. The molecule has 0 unspecified atom stereocenters. The van der Waals surface area contributed by atoms with Gasteiger partial charge in [-0.05, 0) is 25.7 Å². The van der Waals surface area contributed by atoms with Crippen molar-refractivity contribution >= 4 is 16.0 Å². The summed E-state index contributed by atoms with van der Waals surface area (Å²) in [5.74, 6) is 0.158. The molecule has 6 nitrogen and oxygen atoms in total. The molecule has 18 heavy (non-hydrogen) atoms. The topological polar surface area (TPSA) is 99.3 Å². The Kier molecular flexibility index (Phi) is 6.59. The van der Waals surface area contributed by atoms with Crippen LogP contribution in [0.25, 0.3) is 0 Å². The van der Waals surface area contributed by atoms with Gasteiger partial charge in [-0.15, -0.1) is 0 Å². The fourth-order valence-electron chi connectivity index (χ4n) is 2.01. The highest BCUT2D eigenvalue weighted by molar-refractivity contribution is 7.87. The second kappa shape index (κ2) is 7.70. The number of nitrogens with two attached hydrogens (primary N) is 1. The second-order valence-electron chi connectivity index (χ2n) is 4.69. The average molecular weight is 276 g/mol. The standard InChI is InChI=1S/C11H24N4O2S/c12-11(13)7-3-4-8-14-18(16,17)15-9-5-1-2-6-10-15/h14H,1-10H2,(H3,12,13). The van der Waals surface area contributed by atoms with Crippen LogP contribution in [-0.4, -0.2) is 38.2 Å². The van der Waals surface area contributed by atoms with Crippen molar-refractivity contribution in [2.45, 2.75) is 44.9 Å². The van der Waals surface area contributed by atoms with Gasteiger partial charge >= 0.3 is 0 Å². The van der Waals surface area contributed by atoms with Crippen LogP contribution in [0.15, 0.2) is 0 Å². The number of nitrogens with one attached hydrogen (secondary N) is 2. The van der Waals surface area contributed by atoms with Crippen LogP contribution >= 0.6 is 0 Å². The minimum atomic E-state index is -3.31. The molecular weight excluding hydrogens is 252 g/mol. The van der Waals surface area contributed by atoms with Crippen LogP contribution in [0.2, 0.25) is 0 Å². The summed E-state index contributed by atoms with van der Waals surface area (Å²) in [6.07, 6.45) is 6.13. The smallest absolute Gasteiger partial charge is 0.279 e. The van der Waals surface area contributed by atoms with Crippen LogP contribution in [0.4, 0.5) is 0 Å². The molecule has 0 amide bonds. The van der Waals surface area contributed by atoms with Gasteiger partial charge in [0.2, 0.25) is 0 Å². The number of nitrogens with zero attached hydrogens (tertiary/aromatic N) is 1. The maximum Gasteiger partial charge on any atom is 0.279 e. The van der Waals surface area contributed by atoms with Gasteiger partial charge < -0.3 is 5.73 Å². The van der Waals surface area contributed by atoms with E-state index >= 15 is 0 Å². The van der Waals surface area contributed by atoms with Gasteiger partial charge in [-0.1, -0.05) is 12.8 Å². The van der Waals surface area contributed by atoms with Crippen LogP contribution in [0.1, 0.15) is 44.9 Å². The molecule has 0 saturated carbocycles. The van der Waals surface area contributed by atoms with E-state index in [1.807, 2.05) is 0 Å². The van der Waals surface area contributed by atoms with Crippen molar-refractivity contribution in [2.24, 2.45) is 5.73 Å². The molecule has 0 atom stereocenters. The van der Waals surface area contributed by atoms with E-state index < -0.39 is 10.2 Å². The first-order valence-corrected chi connectivity index (χ1v) is 8.04. The molecule has 106 valence electrons. The Morgan fingerprint density at radius 3 is 2.33 bits per heavy atom. The Balaban J connectivity index is 2.27. The molecule has 0 radical (unpaired) electrons. The molecule has 0 aromatic carbocycles. The molecule has 4 N–H and O–H groups in total. The predicted octanol–water partition coefficient (Wildman–Crippen LogP) is 0.803. The lowest BCUT2D eigenvalue weighted by molar-refractivity contribution is 0.414. The highest BCUT2D eigenvalue weighted by Crippen LogP contribution is 2.12. The minimum absolute atomic E-state index is 0.158. The normalized spacial score (nSPS) is 18.4. The molecule has 0 aromatic heterocycles. The van der Waals surface area contributed by atoms with E-state index in [2.05, 4.69) is 4.72 Å². The molecule has 0 spiro atoms. The molecule has 1 saturated heterocycles. The Morgan fingerprint density at radius 1 is 1.17 bits per heavy atom. The second-order valence-corrected chi connectivity index (χ2v) is 6.45. The number of amidine groups is 1. The lowest BCUT2D eigenvalue weighted by Crippen LogP contribution is -2.41. The van der Waals surface area contributed by atoms with E-state index in [0.717, 1.165) is 32.1 Å². The molecule has 1 fully saturated rings. The Hall–Kier alpha value is -0.660. The molecule has 1 rings (SSSR count). The lowest BCUT2D eigenvalue weighted by atomic mass is 10.2. The van der Waals surface area contributed by atoms with Crippen LogP contribution in [0.3, 0.4) is 0 Å². The van der Waals surface area contributed by atoms with Gasteiger partial charge in [0.25, 0.3) is 10.2 Å². The quantitative estimate of drug-likeness (QED) is 0.364. The molecule has 0 aromatic rings. The summed E-state index contributed by atoms with van der Waals surface area (Å²) in [7, 11) is -3.31. The van der Waals surface area contributed by atoms with Crippen molar-refractivity contribution in [1.82, 2.24) is 9.03 Å². The van der Waals surface area contributed by atoms with Gasteiger partial charge in [0, 0.05) is 26.1 Å². The molecule has 0 bridgehead atoms. The minimum Gasteiger partial charge on any atom is -0.388 e. The van der Waals surface area contributed by atoms with E-state index in [-0.39, 0.29) is 5.84 Å². The summed E-state index contributed by atoms with van der Waals surface area (Å²) < 4.78 is 28.1. The third-order valence-corrected chi connectivity index (χ3v) is 4.68. The largest absolute Gasteiger partial charge is 0.388 e. The zero-order valence-electron chi connectivity index (χ0n) is 10.8. The first kappa shape index (κ1) is 15.4. The van der Waals surface area contributed by atoms with Crippen molar-refractivity contribution in [3.8, 4) is 0 Å². The number of unbranched alkanes of at least 4 members (excludes halogenated alkanes) is 1. The molecule has 1 heterocycles.